The average Bonchev–Trinajstić information content (AvgIpc) is 2.88. The first kappa shape index (κ1) is 17.5. The van der Waals surface area contributed by atoms with Gasteiger partial charge < -0.3 is 14.6 Å². The van der Waals surface area contributed by atoms with Crippen molar-refractivity contribution in [3.8, 4) is 0 Å². The lowest BCUT2D eigenvalue weighted by Gasteiger charge is -2.59. The first-order chi connectivity index (χ1) is 12.1. The van der Waals surface area contributed by atoms with Crippen molar-refractivity contribution in [1.82, 2.24) is 0 Å². The number of cyclic esters (lactones) is 2. The molecule has 1 saturated heterocycles. The topological polar surface area (TPSA) is 89.9 Å². The van der Waals surface area contributed by atoms with E-state index in [-0.39, 0.29) is 29.0 Å². The zero-order chi connectivity index (χ0) is 18.9. The number of allylic oxidation sites excluding steroid dienone is 2. The normalized spacial score (nSPS) is 45.2. The van der Waals surface area contributed by atoms with E-state index in [1.165, 1.54) is 6.08 Å². The summed E-state index contributed by atoms with van der Waals surface area (Å²) < 4.78 is 10.4. The maximum Gasteiger partial charge on any atom is 0.333 e. The van der Waals surface area contributed by atoms with Crippen LogP contribution in [0.1, 0.15) is 46.5 Å². The van der Waals surface area contributed by atoms with E-state index < -0.39 is 23.8 Å². The lowest BCUT2D eigenvalue weighted by Crippen LogP contribution is -2.58. The van der Waals surface area contributed by atoms with Crippen LogP contribution in [-0.4, -0.2) is 35.2 Å². The molecule has 6 atom stereocenters. The van der Waals surface area contributed by atoms with E-state index in [1.807, 2.05) is 6.92 Å². The van der Waals surface area contributed by atoms with Gasteiger partial charge in [0.2, 0.25) is 6.29 Å². The molecule has 0 spiro atoms. The van der Waals surface area contributed by atoms with Gasteiger partial charge in [-0.25, -0.2) is 4.79 Å². The number of hydrogen-bond acceptors (Lipinski definition) is 6. The van der Waals surface area contributed by atoms with Crippen molar-refractivity contribution in [2.24, 2.45) is 22.7 Å². The van der Waals surface area contributed by atoms with Crippen LogP contribution in [0, 0.1) is 22.7 Å². The Morgan fingerprint density at radius 1 is 1.15 bits per heavy atom. The number of aliphatic hydroxyl groups excluding tert-OH is 1. The summed E-state index contributed by atoms with van der Waals surface area (Å²) >= 11 is 0. The quantitative estimate of drug-likeness (QED) is 0.720. The van der Waals surface area contributed by atoms with Gasteiger partial charge in [-0.2, -0.15) is 0 Å². The van der Waals surface area contributed by atoms with Crippen molar-refractivity contribution in [2.45, 2.75) is 58.8 Å². The number of rotatable bonds is 1. The van der Waals surface area contributed by atoms with Crippen LogP contribution in [0.4, 0.5) is 0 Å². The second-order valence-electron chi connectivity index (χ2n) is 8.63. The van der Waals surface area contributed by atoms with Gasteiger partial charge in [-0.15, -0.1) is 0 Å². The van der Waals surface area contributed by atoms with Crippen LogP contribution in [0.5, 0.6) is 0 Å². The largest absolute Gasteiger partial charge is 0.457 e. The van der Waals surface area contributed by atoms with Crippen molar-refractivity contribution in [3.63, 3.8) is 0 Å². The molecule has 140 valence electrons. The maximum atomic E-state index is 12.8. The molecular weight excluding hydrogens is 336 g/mol. The Hall–Kier alpha value is -1.95. The van der Waals surface area contributed by atoms with Gasteiger partial charge in [-0.3, -0.25) is 9.59 Å². The minimum atomic E-state index is -1.37. The van der Waals surface area contributed by atoms with Gasteiger partial charge in [0, 0.05) is 18.1 Å². The molecule has 0 aromatic carbocycles. The molecule has 4 aliphatic rings. The predicted molar refractivity (Wildman–Crippen MR) is 90.5 cm³/mol. The second kappa shape index (κ2) is 5.52. The van der Waals surface area contributed by atoms with Gasteiger partial charge in [0.05, 0.1) is 5.92 Å². The lowest BCUT2D eigenvalue weighted by molar-refractivity contribution is -0.189. The van der Waals surface area contributed by atoms with Gasteiger partial charge in [0.25, 0.3) is 0 Å². The predicted octanol–water partition coefficient (Wildman–Crippen LogP) is 2.06. The number of aliphatic hydroxyl groups is 1. The van der Waals surface area contributed by atoms with Crippen molar-refractivity contribution in [3.05, 3.63) is 23.3 Å². The van der Waals surface area contributed by atoms with E-state index in [0.29, 0.717) is 24.8 Å². The summed E-state index contributed by atoms with van der Waals surface area (Å²) in [7, 11) is 0. The van der Waals surface area contributed by atoms with Crippen molar-refractivity contribution in [2.75, 3.05) is 0 Å². The Kier molecular flexibility index (Phi) is 3.71. The molecule has 2 aliphatic carbocycles. The maximum absolute atomic E-state index is 12.8. The molecule has 0 aromatic rings. The van der Waals surface area contributed by atoms with Gasteiger partial charge in [0.1, 0.15) is 6.10 Å². The SMILES string of the molecule is CC1=CC(=O)CC2C1(C)CCC1C(=O)OC(C3=CC(=O)OC3O)CC12C. The Balaban J connectivity index is 1.73. The molecule has 1 N–H and O–H groups in total. The van der Waals surface area contributed by atoms with Crippen LogP contribution < -0.4 is 0 Å². The number of carbonyl (C=O) groups excluding carboxylic acids is 3. The number of fused-ring (bicyclic) bond motifs is 3. The van der Waals surface area contributed by atoms with Gasteiger partial charge in [0.15, 0.2) is 5.78 Å². The molecule has 6 nitrogen and oxygen atoms in total. The Labute approximate surface area is 152 Å². The molecule has 0 radical (unpaired) electrons. The van der Waals surface area contributed by atoms with Gasteiger partial charge >= 0.3 is 11.9 Å². The molecule has 6 unspecified atom stereocenters. The third-order valence-corrected chi connectivity index (χ3v) is 7.33. The molecule has 2 fully saturated rings. The fourth-order valence-corrected chi connectivity index (χ4v) is 5.71. The highest BCUT2D eigenvalue weighted by molar-refractivity contribution is 5.92. The van der Waals surface area contributed by atoms with E-state index in [2.05, 4.69) is 13.8 Å². The van der Waals surface area contributed by atoms with Crippen LogP contribution in [0.2, 0.25) is 0 Å². The Bertz CT molecular complexity index is 764. The molecule has 2 heterocycles. The van der Waals surface area contributed by atoms with Crippen LogP contribution in [0.3, 0.4) is 0 Å². The van der Waals surface area contributed by atoms with E-state index in [4.69, 9.17) is 9.47 Å². The second-order valence-corrected chi connectivity index (χ2v) is 8.63. The first-order valence-electron chi connectivity index (χ1n) is 9.17. The lowest BCUT2D eigenvalue weighted by atomic mass is 9.46. The minimum Gasteiger partial charge on any atom is -0.457 e. The third-order valence-electron chi connectivity index (χ3n) is 7.33. The molecule has 1 saturated carbocycles. The molecule has 4 rings (SSSR count). The zero-order valence-corrected chi connectivity index (χ0v) is 15.3. The minimum absolute atomic E-state index is 0.0253. The summed E-state index contributed by atoms with van der Waals surface area (Å²) in [4.78, 5) is 36.5. The van der Waals surface area contributed by atoms with Crippen LogP contribution in [-0.2, 0) is 23.9 Å². The summed E-state index contributed by atoms with van der Waals surface area (Å²) in [5.74, 6) is -1.08. The highest BCUT2D eigenvalue weighted by atomic mass is 16.6. The molecule has 0 bridgehead atoms. The number of ether oxygens (including phenoxy) is 2. The third kappa shape index (κ3) is 2.31. The fourth-order valence-electron chi connectivity index (χ4n) is 5.71. The smallest absolute Gasteiger partial charge is 0.333 e. The Morgan fingerprint density at radius 3 is 2.54 bits per heavy atom. The van der Waals surface area contributed by atoms with Crippen molar-refractivity contribution < 1.29 is 29.0 Å². The van der Waals surface area contributed by atoms with Crippen LogP contribution in [0.25, 0.3) is 0 Å². The summed E-state index contributed by atoms with van der Waals surface area (Å²) in [6, 6.07) is 0. The first-order valence-corrected chi connectivity index (χ1v) is 9.17. The summed E-state index contributed by atoms with van der Waals surface area (Å²) in [6.07, 6.45) is 3.34. The highest BCUT2D eigenvalue weighted by Crippen LogP contribution is 2.63. The fraction of sp³-hybridized carbons (Fsp3) is 0.650. The Morgan fingerprint density at radius 2 is 1.88 bits per heavy atom. The van der Waals surface area contributed by atoms with E-state index >= 15 is 0 Å². The highest BCUT2D eigenvalue weighted by Gasteiger charge is 2.61. The summed E-state index contributed by atoms with van der Waals surface area (Å²) in [6.45, 7) is 6.24. The number of ketones is 1. The number of esters is 2. The van der Waals surface area contributed by atoms with E-state index in [1.54, 1.807) is 6.08 Å². The number of carbonyl (C=O) groups is 3. The van der Waals surface area contributed by atoms with E-state index in [0.717, 1.165) is 12.0 Å². The van der Waals surface area contributed by atoms with Crippen molar-refractivity contribution in [1.29, 1.82) is 0 Å². The number of hydrogen-bond donors (Lipinski definition) is 1. The average molecular weight is 360 g/mol. The summed E-state index contributed by atoms with van der Waals surface area (Å²) in [5.41, 5.74) is 0.804. The molecule has 0 amide bonds. The monoisotopic (exact) mass is 360 g/mol. The molecule has 6 heteroatoms. The van der Waals surface area contributed by atoms with Crippen molar-refractivity contribution >= 4 is 17.7 Å². The molecule has 0 aromatic heterocycles. The van der Waals surface area contributed by atoms with Gasteiger partial charge in [-0.05, 0) is 49.0 Å². The molecule has 26 heavy (non-hydrogen) atoms. The zero-order valence-electron chi connectivity index (χ0n) is 15.3. The van der Waals surface area contributed by atoms with E-state index in [9.17, 15) is 19.5 Å². The van der Waals surface area contributed by atoms with Crippen LogP contribution >= 0.6 is 0 Å². The standard InChI is InChI=1S/C20H24O6/c1-10-6-11(21)7-15-19(10,2)5-4-13-18(24)25-14(9-20(13,15)3)12-8-16(22)26-17(12)23/h6,8,13-15,17,23H,4-5,7,9H2,1-3H3. The molecular formula is C20H24O6. The van der Waals surface area contributed by atoms with Gasteiger partial charge in [-0.1, -0.05) is 19.4 Å². The molecule has 2 aliphatic heterocycles. The summed E-state index contributed by atoms with van der Waals surface area (Å²) in [5, 5.41) is 9.98. The van der Waals surface area contributed by atoms with Crippen LogP contribution in [0.15, 0.2) is 23.3 Å².